The van der Waals surface area contributed by atoms with Crippen molar-refractivity contribution in [3.63, 3.8) is 0 Å². The summed E-state index contributed by atoms with van der Waals surface area (Å²) in [7, 11) is 0. The molecule has 0 unspecified atom stereocenters. The number of pyridine rings is 1. The van der Waals surface area contributed by atoms with Gasteiger partial charge in [0, 0.05) is 18.2 Å². The molecule has 1 aromatic carbocycles. The third kappa shape index (κ3) is 2.16. The van der Waals surface area contributed by atoms with Gasteiger partial charge in [0.25, 0.3) is 0 Å². The molecule has 0 saturated heterocycles. The van der Waals surface area contributed by atoms with Gasteiger partial charge in [-0.25, -0.2) is 0 Å². The van der Waals surface area contributed by atoms with Gasteiger partial charge < -0.3 is 0 Å². The van der Waals surface area contributed by atoms with Crippen molar-refractivity contribution in [1.82, 2.24) is 4.98 Å². The lowest BCUT2D eigenvalue weighted by Gasteiger charge is -2.01. The molecule has 2 nitrogen and oxygen atoms in total. The van der Waals surface area contributed by atoms with Gasteiger partial charge in [-0.15, -0.1) is 0 Å². The van der Waals surface area contributed by atoms with E-state index in [2.05, 4.69) is 4.98 Å². The zero-order chi connectivity index (χ0) is 11.4. The van der Waals surface area contributed by atoms with Crippen LogP contribution in [0.5, 0.6) is 0 Å². The van der Waals surface area contributed by atoms with Crippen molar-refractivity contribution in [1.29, 1.82) is 0 Å². The molecule has 0 saturated carbocycles. The van der Waals surface area contributed by atoms with E-state index in [-0.39, 0.29) is 5.78 Å². The lowest BCUT2D eigenvalue weighted by Crippen LogP contribution is -1.99. The first kappa shape index (κ1) is 10.6. The summed E-state index contributed by atoms with van der Waals surface area (Å²) in [5, 5.41) is 0. The smallest absolute Gasteiger partial charge is 0.180 e. The van der Waals surface area contributed by atoms with Gasteiger partial charge in [0.2, 0.25) is 0 Å². The molecule has 1 aromatic heterocycles. The van der Waals surface area contributed by atoms with E-state index in [0.29, 0.717) is 12.1 Å². The molecule has 0 amide bonds. The highest BCUT2D eigenvalue weighted by Gasteiger charge is 2.04. The summed E-state index contributed by atoms with van der Waals surface area (Å²) in [6.07, 6.45) is 2.25. The second kappa shape index (κ2) is 4.71. The Kier molecular flexibility index (Phi) is 3.10. The van der Waals surface area contributed by atoms with Crippen LogP contribution in [-0.2, 0) is 0 Å². The first-order chi connectivity index (χ1) is 7.81. The van der Waals surface area contributed by atoms with E-state index in [9.17, 15) is 4.79 Å². The van der Waals surface area contributed by atoms with E-state index in [1.165, 1.54) is 0 Å². The Hall–Kier alpha value is -1.96. The molecular formula is C14H13NO. The molecule has 2 aromatic rings. The summed E-state index contributed by atoms with van der Waals surface area (Å²) in [4.78, 5) is 15.6. The number of carbonyl (C=O) groups excluding carboxylic acids is 1. The van der Waals surface area contributed by atoms with E-state index in [1.54, 1.807) is 12.3 Å². The Morgan fingerprint density at radius 1 is 1.06 bits per heavy atom. The standard InChI is InChI=1S/C14H13NO/c1-2-14(16)13-9-8-12(10-15-13)11-6-4-3-5-7-11/h3-10H,2H2,1H3. The van der Waals surface area contributed by atoms with Crippen LogP contribution in [0.25, 0.3) is 11.1 Å². The van der Waals surface area contributed by atoms with Crippen LogP contribution in [0.2, 0.25) is 0 Å². The Bertz CT molecular complexity index is 474. The van der Waals surface area contributed by atoms with Crippen molar-refractivity contribution < 1.29 is 4.79 Å². The summed E-state index contributed by atoms with van der Waals surface area (Å²) >= 11 is 0. The normalized spacial score (nSPS) is 10.1. The summed E-state index contributed by atoms with van der Waals surface area (Å²) in [6.45, 7) is 1.84. The number of hydrogen-bond acceptors (Lipinski definition) is 2. The second-order valence-corrected chi connectivity index (χ2v) is 3.57. The molecule has 80 valence electrons. The molecule has 0 aliphatic rings. The molecule has 0 radical (unpaired) electrons. The topological polar surface area (TPSA) is 30.0 Å². The minimum absolute atomic E-state index is 0.0830. The first-order valence-electron chi connectivity index (χ1n) is 5.36. The predicted octanol–water partition coefficient (Wildman–Crippen LogP) is 3.34. The molecule has 2 heteroatoms. The molecule has 0 spiro atoms. The van der Waals surface area contributed by atoms with Crippen LogP contribution in [0.4, 0.5) is 0 Å². The summed E-state index contributed by atoms with van der Waals surface area (Å²) in [5.41, 5.74) is 2.70. The molecule has 1 heterocycles. The van der Waals surface area contributed by atoms with Gasteiger partial charge in [-0.05, 0) is 11.6 Å². The van der Waals surface area contributed by atoms with Crippen LogP contribution in [0.15, 0.2) is 48.7 Å². The maximum atomic E-state index is 11.4. The lowest BCUT2D eigenvalue weighted by atomic mass is 10.1. The largest absolute Gasteiger partial charge is 0.292 e. The Morgan fingerprint density at radius 3 is 2.38 bits per heavy atom. The van der Waals surface area contributed by atoms with Gasteiger partial charge in [-0.1, -0.05) is 43.3 Å². The third-order valence-corrected chi connectivity index (χ3v) is 2.48. The molecule has 2 rings (SSSR count). The van der Waals surface area contributed by atoms with E-state index < -0.39 is 0 Å². The van der Waals surface area contributed by atoms with Crippen molar-refractivity contribution >= 4 is 5.78 Å². The summed E-state index contributed by atoms with van der Waals surface area (Å²) in [6, 6.07) is 13.7. The number of carbonyl (C=O) groups is 1. The lowest BCUT2D eigenvalue weighted by molar-refractivity contribution is 0.0983. The highest BCUT2D eigenvalue weighted by Crippen LogP contribution is 2.17. The molecule has 16 heavy (non-hydrogen) atoms. The number of benzene rings is 1. The van der Waals surface area contributed by atoms with Gasteiger partial charge in [0.15, 0.2) is 5.78 Å². The van der Waals surface area contributed by atoms with Gasteiger partial charge in [-0.2, -0.15) is 0 Å². The number of rotatable bonds is 3. The average Bonchev–Trinajstić information content (AvgIpc) is 2.39. The second-order valence-electron chi connectivity index (χ2n) is 3.57. The summed E-state index contributed by atoms with van der Waals surface area (Å²) in [5.74, 6) is 0.0830. The van der Waals surface area contributed by atoms with E-state index in [4.69, 9.17) is 0 Å². The minimum Gasteiger partial charge on any atom is -0.292 e. The van der Waals surface area contributed by atoms with Crippen LogP contribution in [-0.4, -0.2) is 10.8 Å². The van der Waals surface area contributed by atoms with Crippen molar-refractivity contribution in [3.8, 4) is 11.1 Å². The Labute approximate surface area is 95.0 Å². The van der Waals surface area contributed by atoms with Crippen molar-refractivity contribution in [2.45, 2.75) is 13.3 Å². The van der Waals surface area contributed by atoms with Crippen molar-refractivity contribution in [2.24, 2.45) is 0 Å². The van der Waals surface area contributed by atoms with Crippen molar-refractivity contribution in [3.05, 3.63) is 54.4 Å². The Balaban J connectivity index is 2.30. The fraction of sp³-hybridized carbons (Fsp3) is 0.143. The monoisotopic (exact) mass is 211 g/mol. The van der Waals surface area contributed by atoms with Crippen LogP contribution < -0.4 is 0 Å². The number of hydrogen-bond donors (Lipinski definition) is 0. The SMILES string of the molecule is CCC(=O)c1ccc(-c2ccccc2)cn1. The number of Topliss-reactive ketones (excluding diaryl/α,β-unsaturated/α-hetero) is 1. The zero-order valence-corrected chi connectivity index (χ0v) is 9.18. The Morgan fingerprint density at radius 2 is 1.81 bits per heavy atom. The first-order valence-corrected chi connectivity index (χ1v) is 5.36. The molecule has 0 fully saturated rings. The van der Waals surface area contributed by atoms with Gasteiger partial charge in [0.05, 0.1) is 0 Å². The minimum atomic E-state index is 0.0830. The highest BCUT2D eigenvalue weighted by atomic mass is 16.1. The zero-order valence-electron chi connectivity index (χ0n) is 9.18. The van der Waals surface area contributed by atoms with E-state index >= 15 is 0 Å². The maximum absolute atomic E-state index is 11.4. The van der Waals surface area contributed by atoms with Crippen molar-refractivity contribution in [2.75, 3.05) is 0 Å². The van der Waals surface area contributed by atoms with Crippen LogP contribution >= 0.6 is 0 Å². The molecule has 0 aliphatic carbocycles. The molecular weight excluding hydrogens is 198 g/mol. The van der Waals surface area contributed by atoms with Crippen LogP contribution in [0.1, 0.15) is 23.8 Å². The maximum Gasteiger partial charge on any atom is 0.180 e. The highest BCUT2D eigenvalue weighted by molar-refractivity contribution is 5.94. The summed E-state index contributed by atoms with van der Waals surface area (Å²) < 4.78 is 0. The fourth-order valence-electron chi connectivity index (χ4n) is 1.54. The molecule has 0 atom stereocenters. The van der Waals surface area contributed by atoms with E-state index in [0.717, 1.165) is 11.1 Å². The number of nitrogens with zero attached hydrogens (tertiary/aromatic N) is 1. The molecule has 0 N–H and O–H groups in total. The molecule has 0 bridgehead atoms. The number of aromatic nitrogens is 1. The van der Waals surface area contributed by atoms with Gasteiger partial charge in [0.1, 0.15) is 5.69 Å². The van der Waals surface area contributed by atoms with Crippen LogP contribution in [0, 0.1) is 0 Å². The predicted molar refractivity (Wildman–Crippen MR) is 64.3 cm³/mol. The molecule has 0 aliphatic heterocycles. The third-order valence-electron chi connectivity index (χ3n) is 2.48. The van der Waals surface area contributed by atoms with Gasteiger partial charge in [-0.3, -0.25) is 9.78 Å². The quantitative estimate of drug-likeness (QED) is 0.729. The average molecular weight is 211 g/mol. The van der Waals surface area contributed by atoms with E-state index in [1.807, 2.05) is 43.3 Å². The number of ketones is 1. The van der Waals surface area contributed by atoms with Crippen LogP contribution in [0.3, 0.4) is 0 Å². The van der Waals surface area contributed by atoms with Gasteiger partial charge >= 0.3 is 0 Å². The fourth-order valence-corrected chi connectivity index (χ4v) is 1.54.